The van der Waals surface area contributed by atoms with E-state index in [0.717, 1.165) is 18.8 Å². The average molecular weight is 213 g/mol. The Balaban J connectivity index is 2.26. The first-order valence-electron chi connectivity index (χ1n) is 5.10. The first-order chi connectivity index (χ1) is 7.22. The number of aromatic nitrogens is 2. The molecule has 0 saturated heterocycles. The van der Waals surface area contributed by atoms with E-state index in [9.17, 15) is 5.11 Å². The number of aliphatic hydroxyl groups is 1. The molecule has 1 unspecified atom stereocenters. The van der Waals surface area contributed by atoms with Crippen LogP contribution in [0, 0.1) is 0 Å². The van der Waals surface area contributed by atoms with Crippen LogP contribution in [-0.4, -0.2) is 41.0 Å². The molecule has 0 fully saturated rings. The maximum absolute atomic E-state index is 9.18. The Kier molecular flexibility index (Phi) is 5.31. The summed E-state index contributed by atoms with van der Waals surface area (Å²) in [6.45, 7) is 4.60. The zero-order chi connectivity index (χ0) is 11.1. The fourth-order valence-electron chi connectivity index (χ4n) is 1.29. The van der Waals surface area contributed by atoms with Crippen LogP contribution in [-0.2, 0) is 17.8 Å². The predicted molar refractivity (Wildman–Crippen MR) is 57.5 cm³/mol. The molecule has 1 aromatic heterocycles. The smallest absolute Gasteiger partial charge is 0.0950 e. The number of aliphatic hydroxyl groups excluding tert-OH is 1. The third kappa shape index (κ3) is 4.92. The molecule has 1 heterocycles. The van der Waals surface area contributed by atoms with Crippen molar-refractivity contribution in [3.63, 3.8) is 0 Å². The maximum Gasteiger partial charge on any atom is 0.0950 e. The van der Waals surface area contributed by atoms with Gasteiger partial charge in [0.1, 0.15) is 0 Å². The first-order valence-corrected chi connectivity index (χ1v) is 5.10. The zero-order valence-corrected chi connectivity index (χ0v) is 9.31. The van der Waals surface area contributed by atoms with E-state index in [-0.39, 0.29) is 6.10 Å². The van der Waals surface area contributed by atoms with Gasteiger partial charge in [0.25, 0.3) is 0 Å². The molecule has 0 aliphatic heterocycles. The highest BCUT2D eigenvalue weighted by atomic mass is 16.5. The van der Waals surface area contributed by atoms with Crippen molar-refractivity contribution in [2.45, 2.75) is 26.1 Å². The summed E-state index contributed by atoms with van der Waals surface area (Å²) in [6.07, 6.45) is 3.33. The third-order valence-electron chi connectivity index (χ3n) is 1.95. The monoisotopic (exact) mass is 213 g/mol. The highest BCUT2D eigenvalue weighted by Crippen LogP contribution is 1.97. The molecule has 2 N–H and O–H groups in total. The van der Waals surface area contributed by atoms with Gasteiger partial charge in [0, 0.05) is 32.9 Å². The molecule has 0 amide bonds. The highest BCUT2D eigenvalue weighted by molar-refractivity contribution is 4.96. The molecule has 5 nitrogen and oxygen atoms in total. The molecular formula is C10H19N3O2. The van der Waals surface area contributed by atoms with Crippen molar-refractivity contribution in [3.8, 4) is 0 Å². The van der Waals surface area contributed by atoms with E-state index >= 15 is 0 Å². The second-order valence-corrected chi connectivity index (χ2v) is 3.58. The normalized spacial score (nSPS) is 13.0. The first kappa shape index (κ1) is 12.2. The number of nitrogens with one attached hydrogen (secondary N) is 1. The van der Waals surface area contributed by atoms with Crippen LogP contribution >= 0.6 is 0 Å². The van der Waals surface area contributed by atoms with Gasteiger partial charge < -0.3 is 19.7 Å². The Morgan fingerprint density at radius 2 is 2.47 bits per heavy atom. The fraction of sp³-hybridized carbons (Fsp3) is 0.700. The van der Waals surface area contributed by atoms with E-state index in [2.05, 4.69) is 10.3 Å². The van der Waals surface area contributed by atoms with Crippen LogP contribution in [0.1, 0.15) is 12.6 Å². The number of hydrogen-bond donors (Lipinski definition) is 2. The van der Waals surface area contributed by atoms with Gasteiger partial charge in [-0.2, -0.15) is 0 Å². The summed E-state index contributed by atoms with van der Waals surface area (Å²) in [6, 6.07) is 0. The van der Waals surface area contributed by atoms with E-state index in [0.29, 0.717) is 13.2 Å². The SMILES string of the molecule is COCCNCc1cn(CC(C)O)cn1. The van der Waals surface area contributed by atoms with Gasteiger partial charge in [-0.1, -0.05) is 0 Å². The molecule has 0 aliphatic rings. The largest absolute Gasteiger partial charge is 0.392 e. The Morgan fingerprint density at radius 3 is 3.13 bits per heavy atom. The molecule has 1 rings (SSSR count). The maximum atomic E-state index is 9.18. The molecule has 1 atom stereocenters. The topological polar surface area (TPSA) is 59.3 Å². The second kappa shape index (κ2) is 6.55. The molecule has 0 aliphatic carbocycles. The van der Waals surface area contributed by atoms with Crippen molar-refractivity contribution in [1.82, 2.24) is 14.9 Å². The summed E-state index contributed by atoms with van der Waals surface area (Å²) in [4.78, 5) is 4.22. The van der Waals surface area contributed by atoms with E-state index in [1.54, 1.807) is 20.4 Å². The summed E-state index contributed by atoms with van der Waals surface area (Å²) in [5.74, 6) is 0. The lowest BCUT2D eigenvalue weighted by Crippen LogP contribution is -2.18. The van der Waals surface area contributed by atoms with Crippen molar-refractivity contribution in [3.05, 3.63) is 18.2 Å². The van der Waals surface area contributed by atoms with Crippen molar-refractivity contribution < 1.29 is 9.84 Å². The van der Waals surface area contributed by atoms with E-state index in [1.807, 2.05) is 10.8 Å². The predicted octanol–water partition coefficient (Wildman–Crippen LogP) is -0.000100. The standard InChI is InChI=1S/C10H19N3O2/c1-9(14)6-13-7-10(12-8-13)5-11-3-4-15-2/h7-9,11,14H,3-6H2,1-2H3. The van der Waals surface area contributed by atoms with Crippen LogP contribution in [0.25, 0.3) is 0 Å². The van der Waals surface area contributed by atoms with Crippen LogP contribution in [0.3, 0.4) is 0 Å². The minimum atomic E-state index is -0.339. The van der Waals surface area contributed by atoms with Gasteiger partial charge in [-0.3, -0.25) is 0 Å². The Morgan fingerprint density at radius 1 is 1.67 bits per heavy atom. The van der Waals surface area contributed by atoms with E-state index in [4.69, 9.17) is 4.74 Å². The number of nitrogens with zero attached hydrogens (tertiary/aromatic N) is 2. The quantitative estimate of drug-likeness (QED) is 0.626. The number of ether oxygens (including phenoxy) is 1. The molecule has 15 heavy (non-hydrogen) atoms. The van der Waals surface area contributed by atoms with Gasteiger partial charge in [0.2, 0.25) is 0 Å². The Bertz CT molecular complexity index is 273. The van der Waals surface area contributed by atoms with Crippen LogP contribution in [0.15, 0.2) is 12.5 Å². The number of hydrogen-bond acceptors (Lipinski definition) is 4. The van der Waals surface area contributed by atoms with Crippen molar-refractivity contribution in [1.29, 1.82) is 0 Å². The molecule has 0 aromatic carbocycles. The van der Waals surface area contributed by atoms with Gasteiger partial charge in [-0.05, 0) is 6.92 Å². The average Bonchev–Trinajstić information content (AvgIpc) is 2.59. The Hall–Kier alpha value is -0.910. The molecule has 5 heteroatoms. The van der Waals surface area contributed by atoms with E-state index < -0.39 is 0 Å². The van der Waals surface area contributed by atoms with Crippen molar-refractivity contribution in [2.24, 2.45) is 0 Å². The highest BCUT2D eigenvalue weighted by Gasteiger charge is 2.00. The third-order valence-corrected chi connectivity index (χ3v) is 1.95. The van der Waals surface area contributed by atoms with E-state index in [1.165, 1.54) is 0 Å². The van der Waals surface area contributed by atoms with Gasteiger partial charge in [0.05, 0.1) is 24.7 Å². The lowest BCUT2D eigenvalue weighted by Gasteiger charge is -2.03. The molecule has 0 saturated carbocycles. The lowest BCUT2D eigenvalue weighted by atomic mass is 10.4. The molecule has 0 bridgehead atoms. The van der Waals surface area contributed by atoms with Crippen LogP contribution < -0.4 is 5.32 Å². The molecule has 1 aromatic rings. The zero-order valence-electron chi connectivity index (χ0n) is 9.31. The van der Waals surface area contributed by atoms with Gasteiger partial charge in [-0.25, -0.2) is 4.98 Å². The molecule has 86 valence electrons. The minimum Gasteiger partial charge on any atom is -0.392 e. The molecule has 0 radical (unpaired) electrons. The number of rotatable bonds is 7. The Labute approximate surface area is 90.1 Å². The summed E-state index contributed by atoms with van der Waals surface area (Å²) in [5.41, 5.74) is 0.978. The van der Waals surface area contributed by atoms with Crippen molar-refractivity contribution >= 4 is 0 Å². The fourth-order valence-corrected chi connectivity index (χ4v) is 1.29. The molecular weight excluding hydrogens is 194 g/mol. The molecule has 0 spiro atoms. The minimum absolute atomic E-state index is 0.339. The van der Waals surface area contributed by atoms with Crippen LogP contribution in [0.4, 0.5) is 0 Å². The summed E-state index contributed by atoms with van der Waals surface area (Å²) < 4.78 is 6.80. The van der Waals surface area contributed by atoms with Gasteiger partial charge >= 0.3 is 0 Å². The lowest BCUT2D eigenvalue weighted by molar-refractivity contribution is 0.173. The number of methoxy groups -OCH3 is 1. The van der Waals surface area contributed by atoms with Crippen molar-refractivity contribution in [2.75, 3.05) is 20.3 Å². The second-order valence-electron chi connectivity index (χ2n) is 3.58. The summed E-state index contributed by atoms with van der Waals surface area (Å²) in [7, 11) is 1.68. The summed E-state index contributed by atoms with van der Waals surface area (Å²) >= 11 is 0. The van der Waals surface area contributed by atoms with Crippen LogP contribution in [0.5, 0.6) is 0 Å². The summed E-state index contributed by atoms with van der Waals surface area (Å²) in [5, 5.41) is 12.4. The van der Waals surface area contributed by atoms with Gasteiger partial charge in [0.15, 0.2) is 0 Å². The number of imidazole rings is 1. The van der Waals surface area contributed by atoms with Gasteiger partial charge in [-0.15, -0.1) is 0 Å². The van der Waals surface area contributed by atoms with Crippen LogP contribution in [0.2, 0.25) is 0 Å².